The lowest BCUT2D eigenvalue weighted by atomic mass is 10.2. The first-order chi connectivity index (χ1) is 14.9. The van der Waals surface area contributed by atoms with Crippen molar-refractivity contribution >= 4 is 33.6 Å². The highest BCUT2D eigenvalue weighted by atomic mass is 32.2. The van der Waals surface area contributed by atoms with Gasteiger partial charge in [0.1, 0.15) is 11.5 Å². The first-order valence-corrected chi connectivity index (χ1v) is 11.4. The van der Waals surface area contributed by atoms with E-state index >= 15 is 0 Å². The zero-order valence-electron chi connectivity index (χ0n) is 17.0. The summed E-state index contributed by atoms with van der Waals surface area (Å²) in [6.45, 7) is 2.76. The summed E-state index contributed by atoms with van der Waals surface area (Å²) in [6, 6.07) is 7.92. The Morgan fingerprint density at radius 2 is 2.00 bits per heavy atom. The van der Waals surface area contributed by atoms with Crippen LogP contribution < -0.4 is 10.1 Å². The Labute approximate surface area is 180 Å². The van der Waals surface area contributed by atoms with Crippen molar-refractivity contribution in [1.29, 1.82) is 0 Å². The number of carbonyl (C=O) groups excluding carboxylic acids is 2. The van der Waals surface area contributed by atoms with Crippen LogP contribution in [-0.4, -0.2) is 61.7 Å². The average Bonchev–Trinajstić information content (AvgIpc) is 3.30. The molecule has 3 heterocycles. The van der Waals surface area contributed by atoms with Gasteiger partial charge in [0.25, 0.3) is 5.91 Å². The number of ether oxygens (including phenoxy) is 1. The van der Waals surface area contributed by atoms with Crippen LogP contribution in [0.25, 0.3) is 6.08 Å². The maximum atomic E-state index is 13.1. The fraction of sp³-hybridized carbons (Fsp3) is 0.333. The Bertz CT molecular complexity index is 1100. The number of hydrogen-bond acceptors (Lipinski definition) is 6. The lowest BCUT2D eigenvalue weighted by Crippen LogP contribution is -2.50. The maximum absolute atomic E-state index is 13.1. The Morgan fingerprint density at radius 3 is 2.68 bits per heavy atom. The number of furan rings is 1. The molecule has 2 aliphatic heterocycles. The van der Waals surface area contributed by atoms with Crippen molar-refractivity contribution in [3.05, 3.63) is 48.4 Å². The molecule has 9 nitrogen and oxygen atoms in total. The minimum absolute atomic E-state index is 0.0718. The van der Waals surface area contributed by atoms with Crippen LogP contribution in [0, 0.1) is 0 Å². The van der Waals surface area contributed by atoms with E-state index in [1.807, 2.05) is 6.92 Å². The molecule has 2 aromatic rings. The summed E-state index contributed by atoms with van der Waals surface area (Å²) >= 11 is 0. The summed E-state index contributed by atoms with van der Waals surface area (Å²) < 4.78 is 38.3. The number of rotatable bonds is 5. The van der Waals surface area contributed by atoms with E-state index in [9.17, 15) is 18.0 Å². The minimum atomic E-state index is -3.77. The van der Waals surface area contributed by atoms with Gasteiger partial charge in [-0.1, -0.05) is 6.92 Å². The molecule has 0 spiro atoms. The van der Waals surface area contributed by atoms with Gasteiger partial charge in [-0.05, 0) is 42.8 Å². The van der Waals surface area contributed by atoms with Gasteiger partial charge in [0.2, 0.25) is 15.9 Å². The number of anilines is 1. The summed E-state index contributed by atoms with van der Waals surface area (Å²) in [5.74, 6) is 0.527. The second-order valence-corrected chi connectivity index (χ2v) is 9.18. The molecule has 0 radical (unpaired) electrons. The predicted molar refractivity (Wildman–Crippen MR) is 113 cm³/mol. The number of hydrogen-bond donors (Lipinski definition) is 1. The molecule has 2 amide bonds. The van der Waals surface area contributed by atoms with Crippen LogP contribution in [0.3, 0.4) is 0 Å². The molecule has 0 bridgehead atoms. The third-order valence-electron chi connectivity index (χ3n) is 5.26. The standard InChI is InChI=1S/C21H23N3O6S/c1-2-18-21(26)22-17-14-16(6-7-19(17)30-18)31(27,28)24-11-9-23(10-12-24)20(25)8-5-15-4-3-13-29-15/h3-8,13-14,18H,2,9-12H2,1H3,(H,22,26)/b8-5+/t18-/m0/s1. The van der Waals surface area contributed by atoms with Crippen molar-refractivity contribution in [2.75, 3.05) is 31.5 Å². The molecule has 0 aliphatic carbocycles. The smallest absolute Gasteiger partial charge is 0.265 e. The highest BCUT2D eigenvalue weighted by molar-refractivity contribution is 7.89. The van der Waals surface area contributed by atoms with Crippen molar-refractivity contribution in [3.63, 3.8) is 0 Å². The first-order valence-electron chi connectivity index (χ1n) is 10.0. The van der Waals surface area contributed by atoms with E-state index in [4.69, 9.17) is 9.15 Å². The largest absolute Gasteiger partial charge is 0.478 e. The third kappa shape index (κ3) is 4.35. The van der Waals surface area contributed by atoms with Gasteiger partial charge in [-0.3, -0.25) is 9.59 Å². The van der Waals surface area contributed by atoms with Gasteiger partial charge < -0.3 is 19.4 Å². The van der Waals surface area contributed by atoms with Crippen LogP contribution in [0.5, 0.6) is 5.75 Å². The van der Waals surface area contributed by atoms with Gasteiger partial charge >= 0.3 is 0 Å². The molecule has 0 saturated carbocycles. The predicted octanol–water partition coefficient (Wildman–Crippen LogP) is 1.94. The molecular weight excluding hydrogens is 422 g/mol. The second-order valence-electron chi connectivity index (χ2n) is 7.24. The number of nitrogens with one attached hydrogen (secondary N) is 1. The number of nitrogens with zero attached hydrogens (tertiary/aromatic N) is 2. The van der Waals surface area contributed by atoms with Gasteiger partial charge in [0, 0.05) is 32.3 Å². The lowest BCUT2D eigenvalue weighted by Gasteiger charge is -2.33. The molecule has 1 aromatic heterocycles. The molecular formula is C21H23N3O6S. The van der Waals surface area contributed by atoms with E-state index in [1.165, 1.54) is 28.8 Å². The van der Waals surface area contributed by atoms with Crippen molar-refractivity contribution in [2.45, 2.75) is 24.3 Å². The van der Waals surface area contributed by atoms with Gasteiger partial charge in [0.05, 0.1) is 16.8 Å². The fourth-order valence-corrected chi connectivity index (χ4v) is 4.95. The molecule has 1 atom stereocenters. The van der Waals surface area contributed by atoms with Gasteiger partial charge in [-0.15, -0.1) is 0 Å². The highest BCUT2D eigenvalue weighted by Crippen LogP contribution is 2.33. The number of amides is 2. The zero-order valence-corrected chi connectivity index (χ0v) is 17.8. The number of piperazine rings is 1. The third-order valence-corrected chi connectivity index (χ3v) is 7.16. The van der Waals surface area contributed by atoms with Crippen molar-refractivity contribution in [2.24, 2.45) is 0 Å². The lowest BCUT2D eigenvalue weighted by molar-refractivity contribution is -0.127. The van der Waals surface area contributed by atoms with Crippen molar-refractivity contribution in [3.8, 4) is 5.75 Å². The van der Waals surface area contributed by atoms with E-state index in [0.717, 1.165) is 0 Å². The summed E-state index contributed by atoms with van der Waals surface area (Å²) in [7, 11) is -3.77. The van der Waals surface area contributed by atoms with E-state index in [0.29, 0.717) is 23.6 Å². The molecule has 4 rings (SSSR count). The van der Waals surface area contributed by atoms with Crippen LogP contribution in [0.4, 0.5) is 5.69 Å². The Balaban J connectivity index is 1.42. The Hall–Kier alpha value is -3.11. The monoisotopic (exact) mass is 445 g/mol. The summed E-state index contributed by atoms with van der Waals surface area (Å²) in [6.07, 6.45) is 4.46. The van der Waals surface area contributed by atoms with Crippen LogP contribution in [-0.2, 0) is 19.6 Å². The average molecular weight is 445 g/mol. The second kappa shape index (κ2) is 8.56. The van der Waals surface area contributed by atoms with Crippen LogP contribution >= 0.6 is 0 Å². The highest BCUT2D eigenvalue weighted by Gasteiger charge is 2.32. The van der Waals surface area contributed by atoms with Crippen LogP contribution in [0.1, 0.15) is 19.1 Å². The molecule has 10 heteroatoms. The SMILES string of the molecule is CC[C@@H]1Oc2ccc(S(=O)(=O)N3CCN(C(=O)/C=C/c4ccco4)CC3)cc2NC1=O. The molecule has 1 aromatic carbocycles. The number of fused-ring (bicyclic) bond motifs is 1. The first kappa shape index (κ1) is 21.1. The van der Waals surface area contributed by atoms with Gasteiger partial charge in [0.15, 0.2) is 6.10 Å². The number of sulfonamides is 1. The van der Waals surface area contributed by atoms with Gasteiger partial charge in [-0.25, -0.2) is 8.42 Å². The van der Waals surface area contributed by atoms with Crippen LogP contribution in [0.15, 0.2) is 52.0 Å². The number of benzene rings is 1. The van der Waals surface area contributed by atoms with E-state index < -0.39 is 16.1 Å². The van der Waals surface area contributed by atoms with E-state index in [1.54, 1.807) is 29.2 Å². The van der Waals surface area contributed by atoms with Crippen molar-refractivity contribution < 1.29 is 27.2 Å². The number of carbonyl (C=O) groups is 2. The molecule has 31 heavy (non-hydrogen) atoms. The summed E-state index contributed by atoms with van der Waals surface area (Å²) in [5.41, 5.74) is 0.340. The molecule has 1 saturated heterocycles. The van der Waals surface area contributed by atoms with E-state index in [2.05, 4.69) is 5.32 Å². The summed E-state index contributed by atoms with van der Waals surface area (Å²) in [5, 5.41) is 2.71. The van der Waals surface area contributed by atoms with E-state index in [-0.39, 0.29) is 42.9 Å². The zero-order chi connectivity index (χ0) is 22.0. The summed E-state index contributed by atoms with van der Waals surface area (Å²) in [4.78, 5) is 26.0. The molecule has 0 unspecified atom stereocenters. The fourth-order valence-electron chi connectivity index (χ4n) is 3.50. The topological polar surface area (TPSA) is 109 Å². The Morgan fingerprint density at radius 1 is 1.23 bits per heavy atom. The maximum Gasteiger partial charge on any atom is 0.265 e. The minimum Gasteiger partial charge on any atom is -0.478 e. The van der Waals surface area contributed by atoms with Gasteiger partial charge in [-0.2, -0.15) is 4.31 Å². The molecule has 1 N–H and O–H groups in total. The molecule has 164 valence electrons. The van der Waals surface area contributed by atoms with Crippen molar-refractivity contribution in [1.82, 2.24) is 9.21 Å². The normalized spacial score (nSPS) is 19.7. The Kier molecular flexibility index (Phi) is 5.84. The van der Waals surface area contributed by atoms with Crippen LogP contribution in [0.2, 0.25) is 0 Å². The molecule has 2 aliphatic rings. The quantitative estimate of drug-likeness (QED) is 0.705. The molecule has 1 fully saturated rings.